The molecule has 5 N–H and O–H groups in total. The second kappa shape index (κ2) is 9.40. The lowest BCUT2D eigenvalue weighted by atomic mass is 9.80. The summed E-state index contributed by atoms with van der Waals surface area (Å²) in [5, 5.41) is 28.9. The number of aliphatic hydroxyl groups excluding tert-OH is 2. The monoisotopic (exact) mass is 484 g/mol. The normalized spacial score (nSPS) is 29.4. The van der Waals surface area contributed by atoms with Crippen LogP contribution in [-0.2, 0) is 9.59 Å². The number of hydrogen-bond acceptors (Lipinski definition) is 8. The van der Waals surface area contributed by atoms with E-state index in [0.29, 0.717) is 31.1 Å². The van der Waals surface area contributed by atoms with Crippen molar-refractivity contribution in [1.82, 2.24) is 14.7 Å². The lowest BCUT2D eigenvalue weighted by Crippen LogP contribution is -2.55. The number of benzene rings is 1. The molecule has 1 saturated heterocycles. The largest absolute Gasteiger partial charge is 0.390 e. The van der Waals surface area contributed by atoms with Crippen LogP contribution in [0.25, 0.3) is 5.69 Å². The van der Waals surface area contributed by atoms with Crippen LogP contribution in [0.5, 0.6) is 0 Å². The van der Waals surface area contributed by atoms with Crippen LogP contribution in [0.2, 0.25) is 0 Å². The Bertz CT molecular complexity index is 1070. The number of hydrogen-bond donors (Lipinski definition) is 4. The van der Waals surface area contributed by atoms with Gasteiger partial charge in [0.15, 0.2) is 5.17 Å². The van der Waals surface area contributed by atoms with Crippen LogP contribution < -0.4 is 11.1 Å². The van der Waals surface area contributed by atoms with Crippen molar-refractivity contribution < 1.29 is 19.8 Å². The van der Waals surface area contributed by atoms with Crippen LogP contribution in [0.4, 0.5) is 5.69 Å². The summed E-state index contributed by atoms with van der Waals surface area (Å²) in [4.78, 5) is 31.2. The van der Waals surface area contributed by atoms with Crippen molar-refractivity contribution in [2.45, 2.75) is 42.8 Å². The molecule has 10 nitrogen and oxygen atoms in total. The number of thioether (sulfide) groups is 1. The first kappa shape index (κ1) is 22.9. The minimum atomic E-state index is -1.02. The van der Waals surface area contributed by atoms with Crippen molar-refractivity contribution in [3.63, 3.8) is 0 Å². The Morgan fingerprint density at radius 3 is 2.53 bits per heavy atom. The molecule has 34 heavy (non-hydrogen) atoms. The molecule has 1 aromatic heterocycles. The Morgan fingerprint density at radius 2 is 1.88 bits per heavy atom. The summed E-state index contributed by atoms with van der Waals surface area (Å²) in [6, 6.07) is 8.98. The van der Waals surface area contributed by atoms with Gasteiger partial charge < -0.3 is 26.2 Å². The molecule has 5 rings (SSSR count). The maximum Gasteiger partial charge on any atom is 0.227 e. The number of amidine groups is 1. The number of aromatic nitrogens is 2. The Hall–Kier alpha value is -2.89. The summed E-state index contributed by atoms with van der Waals surface area (Å²) in [5.74, 6) is -1.05. The van der Waals surface area contributed by atoms with Crippen molar-refractivity contribution in [2.24, 2.45) is 22.6 Å². The van der Waals surface area contributed by atoms with E-state index in [9.17, 15) is 19.8 Å². The first-order valence-corrected chi connectivity index (χ1v) is 12.3. The third kappa shape index (κ3) is 4.42. The van der Waals surface area contributed by atoms with Gasteiger partial charge in [0.2, 0.25) is 11.8 Å². The third-order valence-electron chi connectivity index (χ3n) is 6.90. The molecule has 3 aliphatic rings. The zero-order chi connectivity index (χ0) is 23.8. The summed E-state index contributed by atoms with van der Waals surface area (Å²) in [7, 11) is 0. The smallest absolute Gasteiger partial charge is 0.227 e. The number of aliphatic imine (C=N–C) groups is 1. The molecule has 2 amide bonds. The first-order chi connectivity index (χ1) is 16.4. The van der Waals surface area contributed by atoms with Crippen molar-refractivity contribution in [1.29, 1.82) is 0 Å². The number of aliphatic hydroxyl groups is 2. The highest BCUT2D eigenvalue weighted by atomic mass is 32.2. The van der Waals surface area contributed by atoms with E-state index in [1.807, 2.05) is 36.5 Å². The van der Waals surface area contributed by atoms with Gasteiger partial charge in [-0.3, -0.25) is 14.6 Å². The van der Waals surface area contributed by atoms with E-state index < -0.39 is 24.2 Å². The number of primary amides is 1. The Kier molecular flexibility index (Phi) is 6.32. The molecular weight excluding hydrogens is 456 g/mol. The maximum absolute atomic E-state index is 13.4. The number of fused-ring (bicyclic) bond motifs is 1. The summed E-state index contributed by atoms with van der Waals surface area (Å²) < 4.78 is 1.76. The number of carbonyl (C=O) groups excluding carboxylic acids is 2. The van der Waals surface area contributed by atoms with Crippen molar-refractivity contribution in [2.75, 3.05) is 18.4 Å². The van der Waals surface area contributed by atoms with Gasteiger partial charge in [-0.2, -0.15) is 5.10 Å². The van der Waals surface area contributed by atoms with Gasteiger partial charge in [0.1, 0.15) is 6.10 Å². The van der Waals surface area contributed by atoms with Gasteiger partial charge in [0.25, 0.3) is 0 Å². The Morgan fingerprint density at radius 1 is 1.15 bits per heavy atom. The summed E-state index contributed by atoms with van der Waals surface area (Å²) >= 11 is 1.43. The van der Waals surface area contributed by atoms with Crippen LogP contribution in [-0.4, -0.2) is 78.5 Å². The molecule has 2 aliphatic heterocycles. The number of likely N-dealkylation sites (tertiary alicyclic amines) is 1. The molecule has 1 aliphatic carbocycles. The predicted molar refractivity (Wildman–Crippen MR) is 128 cm³/mol. The molecule has 3 heterocycles. The highest BCUT2D eigenvalue weighted by molar-refractivity contribution is 8.15. The predicted octanol–water partition coefficient (Wildman–Crippen LogP) is 0.590. The minimum absolute atomic E-state index is 0.0589. The lowest BCUT2D eigenvalue weighted by molar-refractivity contribution is -0.142. The number of carbonyl (C=O) groups is 2. The molecule has 2 fully saturated rings. The second-order valence-electron chi connectivity index (χ2n) is 9.03. The van der Waals surface area contributed by atoms with Gasteiger partial charge in [-0.05, 0) is 49.6 Å². The van der Waals surface area contributed by atoms with E-state index in [1.165, 1.54) is 11.8 Å². The van der Waals surface area contributed by atoms with Gasteiger partial charge in [0.05, 0.1) is 23.8 Å². The lowest BCUT2D eigenvalue weighted by Gasteiger charge is -2.40. The number of anilines is 1. The Balaban J connectivity index is 1.27. The fourth-order valence-electron chi connectivity index (χ4n) is 4.95. The maximum atomic E-state index is 13.4. The van der Waals surface area contributed by atoms with Gasteiger partial charge in [-0.25, -0.2) is 4.68 Å². The molecule has 1 saturated carbocycles. The Labute approximate surface area is 201 Å². The molecule has 0 radical (unpaired) electrons. The third-order valence-corrected chi connectivity index (χ3v) is 8.21. The second-order valence-corrected chi connectivity index (χ2v) is 10.2. The number of nitrogens with two attached hydrogens (primary N) is 1. The molecule has 0 spiro atoms. The van der Waals surface area contributed by atoms with Crippen LogP contribution in [0.15, 0.2) is 47.7 Å². The number of amides is 2. The first-order valence-electron chi connectivity index (χ1n) is 11.5. The standard InChI is InChI=1S/C23H28N6O4S/c24-21(32)13-6-10-28(11-7-13)22(33)16-12-17(30)19(31)18-20(16)34-23(27-18)26-14-2-4-15(5-3-14)29-9-1-8-25-29/h1-5,8-9,13,16-20,30-31H,6-7,10-12H2,(H2,24,32)(H,26,27)/t16-,17+,18-,19-,20+/m0/s1. The van der Waals surface area contributed by atoms with Gasteiger partial charge >= 0.3 is 0 Å². The van der Waals surface area contributed by atoms with E-state index in [0.717, 1.165) is 11.4 Å². The molecular formula is C23H28N6O4S. The van der Waals surface area contributed by atoms with Crippen LogP contribution in [0.3, 0.4) is 0 Å². The number of rotatable bonds is 4. The molecule has 5 atom stereocenters. The average Bonchev–Trinajstić information content (AvgIpc) is 3.52. The van der Waals surface area contributed by atoms with Gasteiger partial charge in [0, 0.05) is 42.3 Å². The van der Waals surface area contributed by atoms with Crippen molar-refractivity contribution >= 4 is 34.4 Å². The van der Waals surface area contributed by atoms with Gasteiger partial charge in [-0.1, -0.05) is 11.8 Å². The topological polar surface area (TPSA) is 146 Å². The van der Waals surface area contributed by atoms with E-state index in [1.54, 1.807) is 15.8 Å². The highest BCUT2D eigenvalue weighted by Crippen LogP contribution is 2.42. The van der Waals surface area contributed by atoms with E-state index in [4.69, 9.17) is 5.73 Å². The SMILES string of the molecule is NC(=O)C1CCN(C(=O)[C@H]2C[C@@H](O)[C@H](O)[C@@H]3N=C(Nc4ccc(-n5cccn5)cc4)S[C@@H]32)CC1. The summed E-state index contributed by atoms with van der Waals surface area (Å²) in [5.41, 5.74) is 7.17. The fraction of sp³-hybridized carbons (Fsp3) is 0.478. The molecule has 180 valence electrons. The minimum Gasteiger partial charge on any atom is -0.390 e. The van der Waals surface area contributed by atoms with E-state index in [-0.39, 0.29) is 29.4 Å². The molecule has 11 heteroatoms. The molecule has 0 bridgehead atoms. The average molecular weight is 485 g/mol. The molecule has 1 aromatic carbocycles. The quantitative estimate of drug-likeness (QED) is 0.497. The zero-order valence-corrected chi connectivity index (χ0v) is 19.3. The summed E-state index contributed by atoms with van der Waals surface area (Å²) in [6.45, 7) is 0.941. The number of nitrogens with zero attached hydrogens (tertiary/aromatic N) is 4. The molecule has 0 unspecified atom stereocenters. The number of piperidine rings is 1. The summed E-state index contributed by atoms with van der Waals surface area (Å²) in [6.07, 6.45) is 2.83. The van der Waals surface area contributed by atoms with Gasteiger partial charge in [-0.15, -0.1) is 0 Å². The number of nitrogens with one attached hydrogen (secondary N) is 1. The molecule has 2 aromatic rings. The fourth-order valence-corrected chi connectivity index (χ4v) is 6.32. The van der Waals surface area contributed by atoms with Crippen molar-refractivity contribution in [3.8, 4) is 5.69 Å². The van der Waals surface area contributed by atoms with E-state index in [2.05, 4.69) is 15.4 Å². The van der Waals surface area contributed by atoms with E-state index >= 15 is 0 Å². The highest BCUT2D eigenvalue weighted by Gasteiger charge is 2.51. The van der Waals surface area contributed by atoms with Crippen molar-refractivity contribution in [3.05, 3.63) is 42.7 Å². The van der Waals surface area contributed by atoms with Crippen LogP contribution in [0.1, 0.15) is 19.3 Å². The van der Waals surface area contributed by atoms with Crippen LogP contribution >= 0.6 is 11.8 Å². The zero-order valence-electron chi connectivity index (χ0n) is 18.5. The van der Waals surface area contributed by atoms with Crippen LogP contribution in [0, 0.1) is 11.8 Å².